The van der Waals surface area contributed by atoms with E-state index in [1.807, 2.05) is 18.2 Å². The fraction of sp³-hybridized carbons (Fsp3) is 0.500. The zero-order chi connectivity index (χ0) is 12.3. The van der Waals surface area contributed by atoms with Gasteiger partial charge in [-0.1, -0.05) is 30.3 Å². The van der Waals surface area contributed by atoms with E-state index in [-0.39, 0.29) is 23.8 Å². The summed E-state index contributed by atoms with van der Waals surface area (Å²) in [7, 11) is 1.46. The molecule has 0 bridgehead atoms. The van der Waals surface area contributed by atoms with E-state index < -0.39 is 0 Å². The van der Waals surface area contributed by atoms with Gasteiger partial charge in [-0.15, -0.1) is 0 Å². The third kappa shape index (κ3) is 2.67. The Labute approximate surface area is 102 Å². The number of benzene rings is 1. The molecule has 2 N–H and O–H groups in total. The second-order valence-electron chi connectivity index (χ2n) is 4.72. The third-order valence-corrected chi connectivity index (χ3v) is 3.62. The summed E-state index contributed by atoms with van der Waals surface area (Å²) >= 11 is 0. The Bertz CT molecular complexity index is 377. The molecular formula is C14H19NO2. The molecule has 0 saturated heterocycles. The molecule has 0 heterocycles. The van der Waals surface area contributed by atoms with E-state index in [4.69, 9.17) is 10.5 Å². The molecule has 0 amide bonds. The molecule has 3 nitrogen and oxygen atoms in total. The van der Waals surface area contributed by atoms with Crippen molar-refractivity contribution < 1.29 is 9.53 Å². The van der Waals surface area contributed by atoms with Gasteiger partial charge < -0.3 is 10.5 Å². The zero-order valence-electron chi connectivity index (χ0n) is 10.1. The summed E-state index contributed by atoms with van der Waals surface area (Å²) in [4.78, 5) is 11.8. The summed E-state index contributed by atoms with van der Waals surface area (Å²) in [5.41, 5.74) is 7.21. The molecule has 1 aliphatic carbocycles. The van der Waals surface area contributed by atoms with E-state index in [1.54, 1.807) is 0 Å². The van der Waals surface area contributed by atoms with Crippen LogP contribution in [0, 0.1) is 5.92 Å². The Hall–Kier alpha value is -1.35. The molecule has 92 valence electrons. The van der Waals surface area contributed by atoms with Crippen LogP contribution in [-0.2, 0) is 9.53 Å². The van der Waals surface area contributed by atoms with E-state index in [0.717, 1.165) is 19.3 Å². The molecule has 0 aromatic heterocycles. The minimum absolute atomic E-state index is 0.0396. The summed E-state index contributed by atoms with van der Waals surface area (Å²) in [5.74, 6) is 0.0559. The Morgan fingerprint density at radius 2 is 2.00 bits per heavy atom. The number of hydrogen-bond donors (Lipinski definition) is 1. The van der Waals surface area contributed by atoms with Crippen LogP contribution in [0.5, 0.6) is 0 Å². The number of methoxy groups -OCH3 is 1. The minimum atomic E-state index is -0.106. The molecule has 1 aromatic carbocycles. The lowest BCUT2D eigenvalue weighted by Gasteiger charge is -2.33. The number of esters is 1. The molecule has 0 radical (unpaired) electrons. The predicted octanol–water partition coefficient (Wildman–Crippen LogP) is 2.07. The predicted molar refractivity (Wildman–Crippen MR) is 66.5 cm³/mol. The SMILES string of the molecule is COC(=O)[C@H]1CC[C@@H](N)C[C@H]1c1ccccc1. The Balaban J connectivity index is 2.23. The number of ether oxygens (including phenoxy) is 1. The van der Waals surface area contributed by atoms with Crippen LogP contribution in [0.4, 0.5) is 0 Å². The van der Waals surface area contributed by atoms with Gasteiger partial charge in [-0.05, 0) is 30.7 Å². The molecule has 0 unspecified atom stereocenters. The maximum absolute atomic E-state index is 11.8. The van der Waals surface area contributed by atoms with Gasteiger partial charge in [-0.25, -0.2) is 0 Å². The molecule has 1 fully saturated rings. The van der Waals surface area contributed by atoms with Crippen molar-refractivity contribution in [2.24, 2.45) is 11.7 Å². The number of carbonyl (C=O) groups excluding carboxylic acids is 1. The molecule has 17 heavy (non-hydrogen) atoms. The van der Waals surface area contributed by atoms with Crippen LogP contribution in [0.25, 0.3) is 0 Å². The van der Waals surface area contributed by atoms with Crippen molar-refractivity contribution >= 4 is 5.97 Å². The van der Waals surface area contributed by atoms with Gasteiger partial charge in [0, 0.05) is 6.04 Å². The molecule has 1 saturated carbocycles. The second kappa shape index (κ2) is 5.32. The van der Waals surface area contributed by atoms with Crippen molar-refractivity contribution in [1.29, 1.82) is 0 Å². The quantitative estimate of drug-likeness (QED) is 0.796. The van der Waals surface area contributed by atoms with E-state index in [2.05, 4.69) is 12.1 Å². The lowest BCUT2D eigenvalue weighted by atomic mass is 9.74. The first-order valence-corrected chi connectivity index (χ1v) is 6.10. The molecule has 2 rings (SSSR count). The summed E-state index contributed by atoms with van der Waals surface area (Å²) in [5, 5.41) is 0. The average Bonchev–Trinajstić information content (AvgIpc) is 2.39. The fourth-order valence-electron chi connectivity index (χ4n) is 2.71. The van der Waals surface area contributed by atoms with Gasteiger partial charge in [0.15, 0.2) is 0 Å². The lowest BCUT2D eigenvalue weighted by molar-refractivity contribution is -0.147. The first-order chi connectivity index (χ1) is 8.22. The highest BCUT2D eigenvalue weighted by molar-refractivity contribution is 5.73. The summed E-state index contributed by atoms with van der Waals surface area (Å²) < 4.78 is 4.90. The van der Waals surface area contributed by atoms with Gasteiger partial charge in [0.1, 0.15) is 0 Å². The molecule has 1 aromatic rings. The number of hydrogen-bond acceptors (Lipinski definition) is 3. The average molecular weight is 233 g/mol. The van der Waals surface area contributed by atoms with Crippen molar-refractivity contribution in [2.75, 3.05) is 7.11 Å². The van der Waals surface area contributed by atoms with Gasteiger partial charge >= 0.3 is 5.97 Å². The van der Waals surface area contributed by atoms with Crippen LogP contribution < -0.4 is 5.73 Å². The molecular weight excluding hydrogens is 214 g/mol. The molecule has 3 heteroatoms. The number of rotatable bonds is 2. The standard InChI is InChI=1S/C14H19NO2/c1-17-14(16)12-8-7-11(15)9-13(12)10-5-3-2-4-6-10/h2-6,11-13H,7-9,15H2,1H3/t11-,12+,13+/m1/s1. The lowest BCUT2D eigenvalue weighted by Crippen LogP contribution is -2.36. The second-order valence-corrected chi connectivity index (χ2v) is 4.72. The maximum atomic E-state index is 11.8. The van der Waals surface area contributed by atoms with Gasteiger partial charge in [-0.2, -0.15) is 0 Å². The normalized spacial score (nSPS) is 28.7. The van der Waals surface area contributed by atoms with Crippen molar-refractivity contribution in [1.82, 2.24) is 0 Å². The van der Waals surface area contributed by atoms with Crippen LogP contribution in [0.3, 0.4) is 0 Å². The highest BCUT2D eigenvalue weighted by atomic mass is 16.5. The summed E-state index contributed by atoms with van der Waals surface area (Å²) in [6.45, 7) is 0. The van der Waals surface area contributed by atoms with Crippen LogP contribution >= 0.6 is 0 Å². The Morgan fingerprint density at radius 3 is 2.65 bits per heavy atom. The van der Waals surface area contributed by atoms with Crippen LogP contribution in [0.1, 0.15) is 30.7 Å². The first-order valence-electron chi connectivity index (χ1n) is 6.10. The molecule has 3 atom stereocenters. The van der Waals surface area contributed by atoms with Crippen LogP contribution in [0.2, 0.25) is 0 Å². The van der Waals surface area contributed by atoms with Gasteiger partial charge in [-0.3, -0.25) is 4.79 Å². The van der Waals surface area contributed by atoms with E-state index >= 15 is 0 Å². The highest BCUT2D eigenvalue weighted by Crippen LogP contribution is 2.37. The monoisotopic (exact) mass is 233 g/mol. The van der Waals surface area contributed by atoms with E-state index in [9.17, 15) is 4.79 Å². The Kier molecular flexibility index (Phi) is 3.79. The number of carbonyl (C=O) groups is 1. The van der Waals surface area contributed by atoms with Crippen molar-refractivity contribution in [2.45, 2.75) is 31.2 Å². The largest absolute Gasteiger partial charge is 0.469 e. The zero-order valence-corrected chi connectivity index (χ0v) is 10.1. The fourth-order valence-corrected chi connectivity index (χ4v) is 2.71. The van der Waals surface area contributed by atoms with E-state index in [1.165, 1.54) is 12.7 Å². The summed E-state index contributed by atoms with van der Waals surface area (Å²) in [6.07, 6.45) is 2.60. The smallest absolute Gasteiger partial charge is 0.309 e. The molecule has 1 aliphatic rings. The van der Waals surface area contributed by atoms with Gasteiger partial charge in [0.25, 0.3) is 0 Å². The van der Waals surface area contributed by atoms with Crippen molar-refractivity contribution in [3.63, 3.8) is 0 Å². The third-order valence-electron chi connectivity index (χ3n) is 3.62. The summed E-state index contributed by atoms with van der Waals surface area (Å²) in [6, 6.07) is 10.3. The number of nitrogens with two attached hydrogens (primary N) is 1. The van der Waals surface area contributed by atoms with E-state index in [0.29, 0.717) is 0 Å². The maximum Gasteiger partial charge on any atom is 0.309 e. The molecule has 0 spiro atoms. The highest BCUT2D eigenvalue weighted by Gasteiger charge is 2.35. The molecule has 0 aliphatic heterocycles. The topological polar surface area (TPSA) is 52.3 Å². The minimum Gasteiger partial charge on any atom is -0.469 e. The van der Waals surface area contributed by atoms with Crippen molar-refractivity contribution in [3.05, 3.63) is 35.9 Å². The van der Waals surface area contributed by atoms with Crippen LogP contribution in [-0.4, -0.2) is 19.1 Å². The van der Waals surface area contributed by atoms with Crippen LogP contribution in [0.15, 0.2) is 30.3 Å². The first kappa shape index (κ1) is 12.1. The van der Waals surface area contributed by atoms with Gasteiger partial charge in [0.2, 0.25) is 0 Å². The van der Waals surface area contributed by atoms with Crippen molar-refractivity contribution in [3.8, 4) is 0 Å². The Morgan fingerprint density at radius 1 is 1.29 bits per heavy atom. The van der Waals surface area contributed by atoms with Gasteiger partial charge in [0.05, 0.1) is 13.0 Å².